The predicted octanol–water partition coefficient (Wildman–Crippen LogP) is 2.26. The third-order valence-electron chi connectivity index (χ3n) is 2.63. The monoisotopic (exact) mass is 195 g/mol. The van der Waals surface area contributed by atoms with Crippen molar-refractivity contribution in [3.8, 4) is 5.75 Å². The van der Waals surface area contributed by atoms with Crippen LogP contribution >= 0.6 is 0 Å². The minimum absolute atomic E-state index is 0.200. The Morgan fingerprint density at radius 2 is 2.36 bits per heavy atom. The van der Waals surface area contributed by atoms with Crippen LogP contribution in [-0.4, -0.2) is 13.7 Å². The lowest BCUT2D eigenvalue weighted by Crippen LogP contribution is -2.14. The van der Waals surface area contributed by atoms with Gasteiger partial charge in [0.15, 0.2) is 0 Å². The van der Waals surface area contributed by atoms with E-state index in [0.29, 0.717) is 0 Å². The average molecular weight is 195 g/mol. The summed E-state index contributed by atoms with van der Waals surface area (Å²) < 4.78 is 18.3. The summed E-state index contributed by atoms with van der Waals surface area (Å²) in [5.41, 5.74) is 0.935. The smallest absolute Gasteiger partial charge is 0.123 e. The number of nitrogens with one attached hydrogen (secondary N) is 1. The van der Waals surface area contributed by atoms with E-state index in [1.165, 1.54) is 6.07 Å². The van der Waals surface area contributed by atoms with E-state index in [4.69, 9.17) is 4.74 Å². The van der Waals surface area contributed by atoms with Crippen LogP contribution in [0.15, 0.2) is 18.2 Å². The number of benzene rings is 1. The maximum Gasteiger partial charge on any atom is 0.123 e. The van der Waals surface area contributed by atoms with Gasteiger partial charge in [0.2, 0.25) is 0 Å². The molecule has 1 fully saturated rings. The van der Waals surface area contributed by atoms with Crippen molar-refractivity contribution in [3.63, 3.8) is 0 Å². The second-order valence-corrected chi connectivity index (χ2v) is 3.54. The maximum atomic E-state index is 13.1. The Morgan fingerprint density at radius 1 is 1.50 bits per heavy atom. The van der Waals surface area contributed by atoms with Gasteiger partial charge in [-0.25, -0.2) is 4.39 Å². The Bertz CT molecular complexity index is 321. The van der Waals surface area contributed by atoms with Crippen LogP contribution in [0.3, 0.4) is 0 Å². The van der Waals surface area contributed by atoms with Gasteiger partial charge in [-0.3, -0.25) is 0 Å². The van der Waals surface area contributed by atoms with Crippen LogP contribution < -0.4 is 10.1 Å². The number of rotatable bonds is 2. The van der Waals surface area contributed by atoms with Crippen molar-refractivity contribution in [1.82, 2.24) is 5.32 Å². The third kappa shape index (κ3) is 1.73. The van der Waals surface area contributed by atoms with E-state index >= 15 is 0 Å². The largest absolute Gasteiger partial charge is 0.496 e. The molecule has 1 N–H and O–H groups in total. The number of methoxy groups -OCH3 is 1. The molecule has 1 atom stereocenters. The van der Waals surface area contributed by atoms with E-state index < -0.39 is 0 Å². The molecule has 2 nitrogen and oxygen atoms in total. The lowest BCUT2D eigenvalue weighted by Gasteiger charge is -2.14. The van der Waals surface area contributed by atoms with Gasteiger partial charge in [-0.05, 0) is 37.6 Å². The highest BCUT2D eigenvalue weighted by molar-refractivity contribution is 5.36. The maximum absolute atomic E-state index is 13.1. The zero-order valence-corrected chi connectivity index (χ0v) is 8.22. The van der Waals surface area contributed by atoms with Gasteiger partial charge in [0, 0.05) is 11.6 Å². The topological polar surface area (TPSA) is 21.3 Å². The molecule has 0 radical (unpaired) electrons. The van der Waals surface area contributed by atoms with Gasteiger partial charge in [-0.2, -0.15) is 0 Å². The van der Waals surface area contributed by atoms with E-state index in [2.05, 4.69) is 5.32 Å². The molecule has 0 aromatic heterocycles. The summed E-state index contributed by atoms with van der Waals surface area (Å²) in [4.78, 5) is 0. The predicted molar refractivity (Wildman–Crippen MR) is 52.9 cm³/mol. The first-order valence-corrected chi connectivity index (χ1v) is 4.88. The van der Waals surface area contributed by atoms with E-state index in [1.54, 1.807) is 19.2 Å². The Balaban J connectivity index is 2.33. The van der Waals surface area contributed by atoms with E-state index in [1.807, 2.05) is 0 Å². The normalized spacial score (nSPS) is 21.1. The summed E-state index contributed by atoms with van der Waals surface area (Å²) in [6, 6.07) is 4.92. The highest BCUT2D eigenvalue weighted by Crippen LogP contribution is 2.31. The van der Waals surface area contributed by atoms with Crippen molar-refractivity contribution < 1.29 is 9.13 Å². The summed E-state index contributed by atoms with van der Waals surface area (Å²) in [6.07, 6.45) is 2.20. The molecule has 2 rings (SSSR count). The summed E-state index contributed by atoms with van der Waals surface area (Å²) in [6.45, 7) is 1.00. The summed E-state index contributed by atoms with van der Waals surface area (Å²) in [5.74, 6) is 0.570. The Hall–Kier alpha value is -1.09. The molecule has 1 aromatic carbocycles. The second-order valence-electron chi connectivity index (χ2n) is 3.54. The molecule has 1 aliphatic heterocycles. The molecule has 1 aromatic rings. The fraction of sp³-hybridized carbons (Fsp3) is 0.455. The first-order chi connectivity index (χ1) is 6.81. The van der Waals surface area contributed by atoms with Crippen LogP contribution in [0.25, 0.3) is 0 Å². The van der Waals surface area contributed by atoms with Gasteiger partial charge in [-0.15, -0.1) is 0 Å². The zero-order valence-electron chi connectivity index (χ0n) is 8.22. The SMILES string of the molecule is COc1ccc(F)cc1[C@@H]1CCCN1. The van der Waals surface area contributed by atoms with Crippen molar-refractivity contribution in [2.24, 2.45) is 0 Å². The van der Waals surface area contributed by atoms with E-state index in [9.17, 15) is 4.39 Å². The molecule has 76 valence electrons. The molecular weight excluding hydrogens is 181 g/mol. The molecule has 0 saturated carbocycles. The standard InChI is InChI=1S/C11H14FNO/c1-14-11-5-4-8(12)7-9(11)10-3-2-6-13-10/h4-5,7,10,13H,2-3,6H2,1H3/t10-/m0/s1. The molecule has 0 unspecified atom stereocenters. The van der Waals surface area contributed by atoms with Crippen molar-refractivity contribution in [2.75, 3.05) is 13.7 Å². The van der Waals surface area contributed by atoms with Crippen LogP contribution in [0.5, 0.6) is 5.75 Å². The fourth-order valence-corrected chi connectivity index (χ4v) is 1.93. The summed E-state index contributed by atoms with van der Waals surface area (Å²) in [7, 11) is 1.62. The summed E-state index contributed by atoms with van der Waals surface area (Å²) in [5, 5.41) is 3.33. The minimum Gasteiger partial charge on any atom is -0.496 e. The van der Waals surface area contributed by atoms with Crippen LogP contribution in [0.2, 0.25) is 0 Å². The molecule has 0 spiro atoms. The molecule has 1 heterocycles. The average Bonchev–Trinajstić information content (AvgIpc) is 2.70. The lowest BCUT2D eigenvalue weighted by molar-refractivity contribution is 0.401. The van der Waals surface area contributed by atoms with Crippen LogP contribution in [0.4, 0.5) is 4.39 Å². The molecule has 1 aliphatic rings. The third-order valence-corrected chi connectivity index (χ3v) is 2.63. The van der Waals surface area contributed by atoms with Crippen molar-refractivity contribution >= 4 is 0 Å². The number of ether oxygens (including phenoxy) is 1. The van der Waals surface area contributed by atoms with Gasteiger partial charge < -0.3 is 10.1 Å². The number of hydrogen-bond donors (Lipinski definition) is 1. The van der Waals surface area contributed by atoms with E-state index in [0.717, 1.165) is 30.7 Å². The first-order valence-electron chi connectivity index (χ1n) is 4.88. The van der Waals surface area contributed by atoms with Crippen molar-refractivity contribution in [2.45, 2.75) is 18.9 Å². The Labute approximate surface area is 83.1 Å². The first kappa shape index (κ1) is 9.46. The Morgan fingerprint density at radius 3 is 3.00 bits per heavy atom. The number of halogens is 1. The fourth-order valence-electron chi connectivity index (χ4n) is 1.93. The molecule has 3 heteroatoms. The van der Waals surface area contributed by atoms with Crippen molar-refractivity contribution in [1.29, 1.82) is 0 Å². The van der Waals surface area contributed by atoms with E-state index in [-0.39, 0.29) is 11.9 Å². The van der Waals surface area contributed by atoms with Gasteiger partial charge >= 0.3 is 0 Å². The van der Waals surface area contributed by atoms with Gasteiger partial charge in [0.25, 0.3) is 0 Å². The van der Waals surface area contributed by atoms with Gasteiger partial charge in [0.1, 0.15) is 11.6 Å². The van der Waals surface area contributed by atoms with Crippen LogP contribution in [0.1, 0.15) is 24.4 Å². The van der Waals surface area contributed by atoms with Crippen LogP contribution in [0, 0.1) is 5.82 Å². The van der Waals surface area contributed by atoms with Gasteiger partial charge in [0.05, 0.1) is 7.11 Å². The Kier molecular flexibility index (Phi) is 2.68. The summed E-state index contributed by atoms with van der Waals surface area (Å²) >= 11 is 0. The quantitative estimate of drug-likeness (QED) is 0.781. The highest BCUT2D eigenvalue weighted by Gasteiger charge is 2.20. The lowest BCUT2D eigenvalue weighted by atomic mass is 10.0. The molecule has 0 aliphatic carbocycles. The minimum atomic E-state index is -0.200. The molecule has 0 amide bonds. The molecule has 0 bridgehead atoms. The molecular formula is C11H14FNO. The zero-order chi connectivity index (χ0) is 9.97. The second kappa shape index (κ2) is 3.96. The molecule has 14 heavy (non-hydrogen) atoms. The number of hydrogen-bond acceptors (Lipinski definition) is 2. The van der Waals surface area contributed by atoms with Crippen LogP contribution in [-0.2, 0) is 0 Å². The van der Waals surface area contributed by atoms with Gasteiger partial charge in [-0.1, -0.05) is 0 Å². The highest BCUT2D eigenvalue weighted by atomic mass is 19.1. The molecule has 1 saturated heterocycles. The van der Waals surface area contributed by atoms with Crippen molar-refractivity contribution in [3.05, 3.63) is 29.6 Å².